The minimum atomic E-state index is -0.282. The van der Waals surface area contributed by atoms with Crippen LogP contribution in [0.3, 0.4) is 0 Å². The fraction of sp³-hybridized carbons (Fsp3) is 0.941. The summed E-state index contributed by atoms with van der Waals surface area (Å²) in [5, 5.41) is 3.35. The molecule has 20 heavy (non-hydrogen) atoms. The first-order chi connectivity index (χ1) is 9.47. The zero-order chi connectivity index (χ0) is 14.8. The van der Waals surface area contributed by atoms with Crippen LogP contribution in [0.4, 0.5) is 0 Å². The minimum Gasteiger partial charge on any atom is -0.353 e. The second-order valence-electron chi connectivity index (χ2n) is 7.64. The van der Waals surface area contributed by atoms with Crippen molar-refractivity contribution in [2.24, 2.45) is 28.9 Å². The van der Waals surface area contributed by atoms with Crippen LogP contribution in [0, 0.1) is 23.2 Å². The first kappa shape index (κ1) is 15.8. The second kappa shape index (κ2) is 6.46. The van der Waals surface area contributed by atoms with Crippen LogP contribution in [0.1, 0.15) is 65.7 Å². The van der Waals surface area contributed by atoms with Crippen molar-refractivity contribution in [2.45, 2.75) is 71.8 Å². The molecule has 0 bridgehead atoms. The average Bonchev–Trinajstić information content (AvgIpc) is 2.43. The molecule has 2 rings (SSSR count). The number of amides is 1. The molecule has 0 saturated heterocycles. The van der Waals surface area contributed by atoms with Crippen molar-refractivity contribution in [1.29, 1.82) is 0 Å². The van der Waals surface area contributed by atoms with E-state index in [9.17, 15) is 4.79 Å². The summed E-state index contributed by atoms with van der Waals surface area (Å²) in [6, 6.07) is 0.362. The van der Waals surface area contributed by atoms with Gasteiger partial charge in [-0.05, 0) is 62.7 Å². The molecule has 2 aliphatic carbocycles. The Bertz CT molecular complexity index is 334. The van der Waals surface area contributed by atoms with E-state index in [1.165, 1.54) is 12.8 Å². The van der Waals surface area contributed by atoms with Gasteiger partial charge in [0.05, 0.1) is 5.41 Å². The van der Waals surface area contributed by atoms with Crippen molar-refractivity contribution in [3.63, 3.8) is 0 Å². The predicted molar refractivity (Wildman–Crippen MR) is 83.2 cm³/mol. The number of nitrogens with one attached hydrogen (secondary N) is 1. The summed E-state index contributed by atoms with van der Waals surface area (Å²) in [4.78, 5) is 12.8. The standard InChI is InChI=1S/C17H32N2O/c1-12-6-8-17(11-18,9-7-12)16(20)19-15-5-4-13(2)10-14(15)3/h12-15H,4-11,18H2,1-3H3,(H,19,20). The Kier molecular flexibility index (Phi) is 5.11. The van der Waals surface area contributed by atoms with Crippen molar-refractivity contribution >= 4 is 5.91 Å². The van der Waals surface area contributed by atoms with Crippen LogP contribution in [0.25, 0.3) is 0 Å². The van der Waals surface area contributed by atoms with E-state index in [1.807, 2.05) is 0 Å². The van der Waals surface area contributed by atoms with Crippen LogP contribution >= 0.6 is 0 Å². The summed E-state index contributed by atoms with van der Waals surface area (Å²) in [6.45, 7) is 7.38. The Morgan fingerprint density at radius 3 is 2.30 bits per heavy atom. The van der Waals surface area contributed by atoms with E-state index in [4.69, 9.17) is 5.73 Å². The van der Waals surface area contributed by atoms with Crippen LogP contribution < -0.4 is 11.1 Å². The molecule has 0 aliphatic heterocycles. The first-order valence-electron chi connectivity index (χ1n) is 8.48. The number of carbonyl (C=O) groups excluding carboxylic acids is 1. The van der Waals surface area contributed by atoms with Crippen LogP contribution in [0.5, 0.6) is 0 Å². The highest BCUT2D eigenvalue weighted by molar-refractivity contribution is 5.83. The highest BCUT2D eigenvalue weighted by Gasteiger charge is 2.41. The van der Waals surface area contributed by atoms with Gasteiger partial charge < -0.3 is 11.1 Å². The maximum absolute atomic E-state index is 12.8. The molecule has 3 heteroatoms. The van der Waals surface area contributed by atoms with Gasteiger partial charge in [-0.1, -0.05) is 20.8 Å². The number of rotatable bonds is 3. The molecule has 0 heterocycles. The van der Waals surface area contributed by atoms with Crippen LogP contribution in [0.2, 0.25) is 0 Å². The maximum atomic E-state index is 12.8. The van der Waals surface area contributed by atoms with E-state index < -0.39 is 0 Å². The summed E-state index contributed by atoms with van der Waals surface area (Å²) in [6.07, 6.45) is 7.82. The molecule has 0 aromatic carbocycles. The summed E-state index contributed by atoms with van der Waals surface area (Å²) in [5.41, 5.74) is 5.70. The van der Waals surface area contributed by atoms with Gasteiger partial charge in [-0.2, -0.15) is 0 Å². The predicted octanol–water partition coefficient (Wildman–Crippen LogP) is 3.08. The molecule has 0 radical (unpaired) electrons. The van der Waals surface area contributed by atoms with E-state index in [0.29, 0.717) is 18.5 Å². The van der Waals surface area contributed by atoms with Gasteiger partial charge in [-0.3, -0.25) is 4.79 Å². The van der Waals surface area contributed by atoms with Crippen molar-refractivity contribution < 1.29 is 4.79 Å². The Balaban J connectivity index is 1.96. The Morgan fingerprint density at radius 1 is 1.10 bits per heavy atom. The molecule has 0 aromatic rings. The van der Waals surface area contributed by atoms with Crippen LogP contribution in [0.15, 0.2) is 0 Å². The van der Waals surface area contributed by atoms with Crippen molar-refractivity contribution in [3.05, 3.63) is 0 Å². The zero-order valence-electron chi connectivity index (χ0n) is 13.5. The highest BCUT2D eigenvalue weighted by atomic mass is 16.2. The number of hydrogen-bond acceptors (Lipinski definition) is 2. The topological polar surface area (TPSA) is 55.1 Å². The average molecular weight is 280 g/mol. The summed E-state index contributed by atoms with van der Waals surface area (Å²) in [7, 11) is 0. The molecular formula is C17H32N2O. The molecule has 2 fully saturated rings. The smallest absolute Gasteiger partial charge is 0.227 e. The molecule has 116 valence electrons. The Hall–Kier alpha value is -0.570. The molecule has 0 spiro atoms. The molecule has 0 aromatic heterocycles. The van der Waals surface area contributed by atoms with E-state index in [1.54, 1.807) is 0 Å². The molecule has 3 atom stereocenters. The lowest BCUT2D eigenvalue weighted by Crippen LogP contribution is -2.53. The molecule has 3 nitrogen and oxygen atoms in total. The molecule has 1 amide bonds. The van der Waals surface area contributed by atoms with Gasteiger partial charge in [0.1, 0.15) is 0 Å². The van der Waals surface area contributed by atoms with Gasteiger partial charge in [0.25, 0.3) is 0 Å². The third kappa shape index (κ3) is 3.36. The zero-order valence-corrected chi connectivity index (χ0v) is 13.5. The number of nitrogens with two attached hydrogens (primary N) is 1. The van der Waals surface area contributed by atoms with Crippen molar-refractivity contribution in [2.75, 3.05) is 6.54 Å². The molecule has 3 N–H and O–H groups in total. The highest BCUT2D eigenvalue weighted by Crippen LogP contribution is 2.39. The fourth-order valence-corrected chi connectivity index (χ4v) is 4.04. The molecule has 2 aliphatic rings. The Morgan fingerprint density at radius 2 is 1.75 bits per heavy atom. The molecule has 3 unspecified atom stereocenters. The number of hydrogen-bond donors (Lipinski definition) is 2. The lowest BCUT2D eigenvalue weighted by atomic mass is 9.69. The summed E-state index contributed by atoms with van der Waals surface area (Å²) in [5.74, 6) is 2.38. The largest absolute Gasteiger partial charge is 0.353 e. The summed E-state index contributed by atoms with van der Waals surface area (Å²) >= 11 is 0. The third-order valence-corrected chi connectivity index (χ3v) is 5.85. The normalized spacial score (nSPS) is 42.2. The van der Waals surface area contributed by atoms with Gasteiger partial charge in [0, 0.05) is 12.6 Å². The lowest BCUT2D eigenvalue weighted by molar-refractivity contribution is -0.134. The quantitative estimate of drug-likeness (QED) is 0.834. The first-order valence-corrected chi connectivity index (χ1v) is 8.48. The Labute approximate surface area is 124 Å². The maximum Gasteiger partial charge on any atom is 0.227 e. The lowest BCUT2D eigenvalue weighted by Gasteiger charge is -2.40. The third-order valence-electron chi connectivity index (χ3n) is 5.85. The van der Waals surface area contributed by atoms with Crippen LogP contribution in [-0.2, 0) is 4.79 Å². The van der Waals surface area contributed by atoms with Gasteiger partial charge >= 0.3 is 0 Å². The van der Waals surface area contributed by atoms with Crippen LogP contribution in [-0.4, -0.2) is 18.5 Å². The van der Waals surface area contributed by atoms with Crippen molar-refractivity contribution in [3.8, 4) is 0 Å². The number of carbonyl (C=O) groups is 1. The van der Waals surface area contributed by atoms with E-state index >= 15 is 0 Å². The fourth-order valence-electron chi connectivity index (χ4n) is 4.04. The van der Waals surface area contributed by atoms with Gasteiger partial charge in [-0.15, -0.1) is 0 Å². The summed E-state index contributed by atoms with van der Waals surface area (Å²) < 4.78 is 0. The molecular weight excluding hydrogens is 248 g/mol. The van der Waals surface area contributed by atoms with E-state index in [-0.39, 0.29) is 11.3 Å². The van der Waals surface area contributed by atoms with Crippen molar-refractivity contribution in [1.82, 2.24) is 5.32 Å². The van der Waals surface area contributed by atoms with E-state index in [0.717, 1.165) is 43.9 Å². The minimum absolute atomic E-state index is 0.235. The SMILES string of the molecule is CC1CCC(CN)(C(=O)NC2CCC(C)CC2C)CC1. The van der Waals surface area contributed by atoms with Gasteiger partial charge in [-0.25, -0.2) is 0 Å². The molecule has 2 saturated carbocycles. The van der Waals surface area contributed by atoms with Gasteiger partial charge in [0.15, 0.2) is 0 Å². The van der Waals surface area contributed by atoms with E-state index in [2.05, 4.69) is 26.1 Å². The monoisotopic (exact) mass is 280 g/mol. The van der Waals surface area contributed by atoms with Gasteiger partial charge in [0.2, 0.25) is 5.91 Å². The second-order valence-corrected chi connectivity index (χ2v) is 7.64.